The fraction of sp³-hybridized carbons (Fsp3) is 0.278. The maximum absolute atomic E-state index is 13.1. The van der Waals surface area contributed by atoms with E-state index in [0.29, 0.717) is 6.61 Å². The van der Waals surface area contributed by atoms with Crippen LogP contribution in [-0.4, -0.2) is 19.0 Å². The molecule has 0 saturated heterocycles. The van der Waals surface area contributed by atoms with Gasteiger partial charge >= 0.3 is 0 Å². The first kappa shape index (κ1) is 18.5. The van der Waals surface area contributed by atoms with Crippen LogP contribution in [0.2, 0.25) is 0 Å². The summed E-state index contributed by atoms with van der Waals surface area (Å²) in [6.45, 7) is 2.92. The first-order valence-electron chi connectivity index (χ1n) is 7.78. The summed E-state index contributed by atoms with van der Waals surface area (Å²) >= 11 is 0. The van der Waals surface area contributed by atoms with E-state index in [2.05, 4.69) is 15.6 Å². The molecule has 0 saturated carbocycles. The first-order valence-corrected chi connectivity index (χ1v) is 7.78. The van der Waals surface area contributed by atoms with Gasteiger partial charge in [0.15, 0.2) is 5.96 Å². The molecule has 1 heterocycles. The van der Waals surface area contributed by atoms with Crippen molar-refractivity contribution in [2.75, 3.05) is 13.1 Å². The Balaban J connectivity index is 0.00000208. The van der Waals surface area contributed by atoms with E-state index in [9.17, 15) is 4.39 Å². The third-order valence-electron chi connectivity index (χ3n) is 3.58. The summed E-state index contributed by atoms with van der Waals surface area (Å²) in [7, 11) is 0. The third kappa shape index (κ3) is 5.67. The van der Waals surface area contributed by atoms with Crippen molar-refractivity contribution >= 4 is 29.9 Å². The normalized spacial score (nSPS) is 13.3. The lowest BCUT2D eigenvalue weighted by Gasteiger charge is -2.16. The largest absolute Gasteiger partial charge is 0.489 e. The van der Waals surface area contributed by atoms with E-state index in [1.54, 1.807) is 6.07 Å². The zero-order valence-electron chi connectivity index (χ0n) is 13.3. The highest BCUT2D eigenvalue weighted by Gasteiger charge is 2.03. The second-order valence-corrected chi connectivity index (χ2v) is 5.43. The molecule has 0 unspecified atom stereocenters. The number of ether oxygens (including phenoxy) is 1. The number of rotatable bonds is 5. The summed E-state index contributed by atoms with van der Waals surface area (Å²) in [5, 5.41) is 6.51. The number of benzene rings is 2. The van der Waals surface area contributed by atoms with Crippen LogP contribution in [-0.2, 0) is 13.2 Å². The zero-order valence-corrected chi connectivity index (χ0v) is 15.6. The van der Waals surface area contributed by atoms with Crippen molar-refractivity contribution in [1.82, 2.24) is 10.6 Å². The van der Waals surface area contributed by atoms with Crippen LogP contribution in [0.25, 0.3) is 0 Å². The van der Waals surface area contributed by atoms with Crippen molar-refractivity contribution in [3.8, 4) is 5.75 Å². The molecule has 2 N–H and O–H groups in total. The molecule has 0 bridgehead atoms. The predicted octanol–water partition coefficient (Wildman–Crippen LogP) is 3.46. The maximum atomic E-state index is 13.1. The Labute approximate surface area is 158 Å². The second-order valence-electron chi connectivity index (χ2n) is 5.43. The molecule has 0 radical (unpaired) electrons. The molecule has 0 fully saturated rings. The lowest BCUT2D eigenvalue weighted by Crippen LogP contribution is -2.40. The van der Waals surface area contributed by atoms with Gasteiger partial charge in [0.2, 0.25) is 0 Å². The fourth-order valence-electron chi connectivity index (χ4n) is 2.33. The summed E-state index contributed by atoms with van der Waals surface area (Å²) in [6, 6.07) is 14.3. The zero-order chi connectivity index (χ0) is 15.9. The van der Waals surface area contributed by atoms with E-state index < -0.39 is 0 Å². The van der Waals surface area contributed by atoms with Crippen molar-refractivity contribution in [1.29, 1.82) is 0 Å². The Kier molecular flexibility index (Phi) is 7.30. The van der Waals surface area contributed by atoms with E-state index in [0.717, 1.165) is 48.9 Å². The van der Waals surface area contributed by atoms with Gasteiger partial charge in [0.25, 0.3) is 0 Å². The van der Waals surface area contributed by atoms with E-state index in [-0.39, 0.29) is 29.8 Å². The SMILES string of the molecule is Fc1cccc(COc2ccc(CNC3=NCCCN3)cc2)c1.I. The number of hydrogen-bond donors (Lipinski definition) is 2. The monoisotopic (exact) mass is 441 g/mol. The van der Waals surface area contributed by atoms with Crippen molar-refractivity contribution in [2.24, 2.45) is 4.99 Å². The van der Waals surface area contributed by atoms with Crippen LogP contribution in [0, 0.1) is 5.82 Å². The quantitative estimate of drug-likeness (QED) is 0.699. The van der Waals surface area contributed by atoms with Crippen LogP contribution in [0.4, 0.5) is 4.39 Å². The number of guanidine groups is 1. The van der Waals surface area contributed by atoms with Gasteiger partial charge in [-0.2, -0.15) is 0 Å². The molecule has 0 spiro atoms. The number of aliphatic imine (C=N–C) groups is 1. The molecule has 128 valence electrons. The summed E-state index contributed by atoms with van der Waals surface area (Å²) in [5.74, 6) is 1.39. The Hall–Kier alpha value is -1.83. The van der Waals surface area contributed by atoms with Crippen molar-refractivity contribution < 1.29 is 9.13 Å². The first-order chi connectivity index (χ1) is 11.3. The van der Waals surface area contributed by atoms with E-state index in [4.69, 9.17) is 4.74 Å². The molecule has 1 aliphatic rings. The van der Waals surface area contributed by atoms with Crippen LogP contribution >= 0.6 is 24.0 Å². The summed E-state index contributed by atoms with van der Waals surface area (Å²) in [6.07, 6.45) is 1.09. The van der Waals surface area contributed by atoms with Gasteiger partial charge < -0.3 is 15.4 Å². The molecule has 1 aliphatic heterocycles. The number of hydrogen-bond acceptors (Lipinski definition) is 4. The molecule has 0 atom stereocenters. The standard InChI is InChI=1S/C18H20FN3O.HI/c19-16-4-1-3-15(11-16)13-23-17-7-5-14(6-8-17)12-22-18-20-9-2-10-21-18;/h1,3-8,11H,2,9-10,12-13H2,(H2,20,21,22);1H. The van der Waals surface area contributed by atoms with Gasteiger partial charge in [0.05, 0.1) is 0 Å². The minimum absolute atomic E-state index is 0. The number of nitrogens with one attached hydrogen (secondary N) is 2. The molecule has 3 rings (SSSR count). The van der Waals surface area contributed by atoms with E-state index in [1.165, 1.54) is 12.1 Å². The second kappa shape index (κ2) is 9.46. The highest BCUT2D eigenvalue weighted by molar-refractivity contribution is 14.0. The third-order valence-corrected chi connectivity index (χ3v) is 3.58. The molecule has 4 nitrogen and oxygen atoms in total. The Bertz CT molecular complexity index is 676. The van der Waals surface area contributed by atoms with Crippen LogP contribution in [0.3, 0.4) is 0 Å². The van der Waals surface area contributed by atoms with Crippen molar-refractivity contribution in [3.05, 3.63) is 65.5 Å². The van der Waals surface area contributed by atoms with E-state index >= 15 is 0 Å². The van der Waals surface area contributed by atoms with Crippen LogP contribution in [0.1, 0.15) is 17.5 Å². The van der Waals surface area contributed by atoms with Gasteiger partial charge in [-0.15, -0.1) is 24.0 Å². The molecule has 0 amide bonds. The van der Waals surface area contributed by atoms with E-state index in [1.807, 2.05) is 30.3 Å². The lowest BCUT2D eigenvalue weighted by atomic mass is 10.2. The average Bonchev–Trinajstić information content (AvgIpc) is 2.60. The lowest BCUT2D eigenvalue weighted by molar-refractivity contribution is 0.305. The van der Waals surface area contributed by atoms with Gasteiger partial charge in [0, 0.05) is 19.6 Å². The molecular formula is C18H21FIN3O. The van der Waals surface area contributed by atoms with Gasteiger partial charge in [-0.3, -0.25) is 4.99 Å². The Morgan fingerprint density at radius 3 is 2.67 bits per heavy atom. The molecule has 6 heteroatoms. The van der Waals surface area contributed by atoms with Gasteiger partial charge in [-0.1, -0.05) is 24.3 Å². The number of halogens is 2. The fourth-order valence-corrected chi connectivity index (χ4v) is 2.33. The molecule has 2 aromatic carbocycles. The van der Waals surface area contributed by atoms with Crippen LogP contribution in [0.15, 0.2) is 53.5 Å². The van der Waals surface area contributed by atoms with Gasteiger partial charge in [-0.05, 0) is 41.8 Å². The van der Waals surface area contributed by atoms with Gasteiger partial charge in [-0.25, -0.2) is 4.39 Å². The smallest absolute Gasteiger partial charge is 0.191 e. The molecule has 24 heavy (non-hydrogen) atoms. The summed E-state index contributed by atoms with van der Waals surface area (Å²) < 4.78 is 18.8. The van der Waals surface area contributed by atoms with Gasteiger partial charge in [0.1, 0.15) is 18.2 Å². The number of nitrogens with zero attached hydrogens (tertiary/aromatic N) is 1. The van der Waals surface area contributed by atoms with Crippen LogP contribution < -0.4 is 15.4 Å². The Morgan fingerprint density at radius 2 is 1.96 bits per heavy atom. The Morgan fingerprint density at radius 1 is 1.12 bits per heavy atom. The maximum Gasteiger partial charge on any atom is 0.191 e. The molecular weight excluding hydrogens is 420 g/mol. The highest BCUT2D eigenvalue weighted by Crippen LogP contribution is 2.14. The molecule has 2 aromatic rings. The van der Waals surface area contributed by atoms with Crippen LogP contribution in [0.5, 0.6) is 5.75 Å². The van der Waals surface area contributed by atoms with Crippen molar-refractivity contribution in [3.63, 3.8) is 0 Å². The summed E-state index contributed by atoms with van der Waals surface area (Å²) in [5.41, 5.74) is 1.97. The minimum Gasteiger partial charge on any atom is -0.489 e. The summed E-state index contributed by atoms with van der Waals surface area (Å²) in [4.78, 5) is 4.37. The highest BCUT2D eigenvalue weighted by atomic mass is 127. The van der Waals surface area contributed by atoms with Crippen molar-refractivity contribution in [2.45, 2.75) is 19.6 Å². The average molecular weight is 441 g/mol. The predicted molar refractivity (Wildman–Crippen MR) is 104 cm³/mol. The minimum atomic E-state index is -0.244. The molecule has 0 aliphatic carbocycles. The molecule has 0 aromatic heterocycles. The topological polar surface area (TPSA) is 45.6 Å².